The van der Waals surface area contributed by atoms with E-state index in [-0.39, 0.29) is 12.2 Å². The number of H-pyrrole nitrogens is 1. The molecule has 0 radical (unpaired) electrons. The van der Waals surface area contributed by atoms with Crippen LogP contribution in [-0.2, 0) is 22.4 Å². The summed E-state index contributed by atoms with van der Waals surface area (Å²) in [7, 11) is 0. The number of ether oxygens (including phenoxy) is 2. The number of esters is 1. The summed E-state index contributed by atoms with van der Waals surface area (Å²) in [5, 5.41) is 0.500. The number of rotatable bonds is 5. The van der Waals surface area contributed by atoms with E-state index in [0.29, 0.717) is 22.5 Å². The fourth-order valence-corrected chi connectivity index (χ4v) is 3.36. The highest BCUT2D eigenvalue weighted by Gasteiger charge is 2.17. The van der Waals surface area contributed by atoms with Crippen LogP contribution in [-0.4, -0.2) is 22.5 Å². The molecule has 1 aliphatic carbocycles. The zero-order valence-electron chi connectivity index (χ0n) is 15.0. The van der Waals surface area contributed by atoms with Gasteiger partial charge in [-0.05, 0) is 61.6 Å². The minimum atomic E-state index is -0.682. The highest BCUT2D eigenvalue weighted by atomic mass is 16.6. The van der Waals surface area contributed by atoms with Crippen LogP contribution in [0.4, 0.5) is 0 Å². The number of aromatic nitrogens is 2. The number of carbonyl (C=O) groups is 1. The number of aryl methyl sites for hydroxylation is 2. The largest absolute Gasteiger partial charge is 0.482 e. The lowest BCUT2D eigenvalue weighted by molar-refractivity contribution is -0.151. The predicted molar refractivity (Wildman–Crippen MR) is 101 cm³/mol. The van der Waals surface area contributed by atoms with E-state index >= 15 is 0 Å². The molecule has 2 aromatic carbocycles. The molecule has 138 valence electrons. The Bertz CT molecular complexity index is 1060. The number of hydrogen-bond donors (Lipinski definition) is 1. The van der Waals surface area contributed by atoms with Gasteiger partial charge in [0, 0.05) is 0 Å². The maximum absolute atomic E-state index is 12.1. The second kappa shape index (κ2) is 7.23. The van der Waals surface area contributed by atoms with Gasteiger partial charge in [-0.2, -0.15) is 0 Å². The maximum atomic E-state index is 12.1. The molecule has 1 aromatic heterocycles. The lowest BCUT2D eigenvalue weighted by Gasteiger charge is -2.14. The summed E-state index contributed by atoms with van der Waals surface area (Å²) in [6.07, 6.45) is 2.63. The molecule has 0 saturated heterocycles. The Balaban J connectivity index is 1.40. The molecule has 0 unspecified atom stereocenters. The number of hydrogen-bond acceptors (Lipinski definition) is 5. The van der Waals surface area contributed by atoms with E-state index in [0.717, 1.165) is 19.3 Å². The topological polar surface area (TPSA) is 81.3 Å². The average molecular weight is 364 g/mol. The lowest BCUT2D eigenvalue weighted by Crippen LogP contribution is -2.20. The molecular weight excluding hydrogens is 344 g/mol. The molecule has 6 heteroatoms. The van der Waals surface area contributed by atoms with Crippen molar-refractivity contribution in [3.8, 4) is 5.75 Å². The first-order chi connectivity index (χ1) is 13.1. The first-order valence-electron chi connectivity index (χ1n) is 9.03. The minimum absolute atomic E-state index is 0.194. The van der Waals surface area contributed by atoms with E-state index in [1.165, 1.54) is 11.1 Å². The number of aromatic amines is 1. The van der Waals surface area contributed by atoms with Gasteiger partial charge in [0.05, 0.1) is 10.9 Å². The fourth-order valence-electron chi connectivity index (χ4n) is 3.36. The molecule has 0 fully saturated rings. The molecule has 0 bridgehead atoms. The van der Waals surface area contributed by atoms with Gasteiger partial charge in [0.1, 0.15) is 5.75 Å². The van der Waals surface area contributed by atoms with Crippen LogP contribution >= 0.6 is 0 Å². The van der Waals surface area contributed by atoms with Crippen molar-refractivity contribution >= 4 is 16.9 Å². The molecule has 4 rings (SSSR count). The van der Waals surface area contributed by atoms with E-state index in [1.54, 1.807) is 31.2 Å². The number of nitrogens with one attached hydrogen (secondary N) is 1. The third-order valence-corrected chi connectivity index (χ3v) is 4.75. The van der Waals surface area contributed by atoms with Gasteiger partial charge in [-0.25, -0.2) is 9.78 Å². The van der Waals surface area contributed by atoms with E-state index in [4.69, 9.17) is 9.47 Å². The first-order valence-corrected chi connectivity index (χ1v) is 9.03. The Labute approximate surface area is 156 Å². The maximum Gasteiger partial charge on any atom is 0.344 e. The second-order valence-electron chi connectivity index (χ2n) is 6.67. The Morgan fingerprint density at radius 2 is 2.00 bits per heavy atom. The summed E-state index contributed by atoms with van der Waals surface area (Å²) in [5.74, 6) is 0.459. The van der Waals surface area contributed by atoms with Gasteiger partial charge in [-0.15, -0.1) is 0 Å². The van der Waals surface area contributed by atoms with Gasteiger partial charge >= 0.3 is 5.97 Å². The van der Waals surface area contributed by atoms with Gasteiger partial charge < -0.3 is 14.5 Å². The van der Waals surface area contributed by atoms with Gasteiger partial charge in [0.2, 0.25) is 0 Å². The molecule has 3 aromatic rings. The van der Waals surface area contributed by atoms with E-state index in [2.05, 4.69) is 16.0 Å². The number of benzene rings is 2. The third-order valence-electron chi connectivity index (χ3n) is 4.75. The molecular formula is C21H20N2O4. The summed E-state index contributed by atoms with van der Waals surface area (Å²) in [6.45, 7) is 1.47. The molecule has 6 nitrogen and oxygen atoms in total. The van der Waals surface area contributed by atoms with Crippen molar-refractivity contribution in [2.24, 2.45) is 0 Å². The van der Waals surface area contributed by atoms with Crippen molar-refractivity contribution < 1.29 is 14.3 Å². The number of carbonyl (C=O) groups excluding carboxylic acids is 1. The van der Waals surface area contributed by atoms with Crippen LogP contribution in [0.1, 0.15) is 36.4 Å². The molecule has 1 heterocycles. The Morgan fingerprint density at radius 1 is 1.19 bits per heavy atom. The highest BCUT2D eigenvalue weighted by Crippen LogP contribution is 2.26. The van der Waals surface area contributed by atoms with Crippen molar-refractivity contribution in [1.29, 1.82) is 0 Å². The monoisotopic (exact) mass is 364 g/mol. The summed E-state index contributed by atoms with van der Waals surface area (Å²) in [4.78, 5) is 31.3. The average Bonchev–Trinajstić information content (AvgIpc) is 3.14. The van der Waals surface area contributed by atoms with Gasteiger partial charge in [-0.1, -0.05) is 18.2 Å². The van der Waals surface area contributed by atoms with Crippen LogP contribution in [0.2, 0.25) is 0 Å². The summed E-state index contributed by atoms with van der Waals surface area (Å²) >= 11 is 0. The summed E-state index contributed by atoms with van der Waals surface area (Å²) < 4.78 is 10.9. The van der Waals surface area contributed by atoms with Crippen molar-refractivity contribution in [2.45, 2.75) is 32.3 Å². The molecule has 1 aliphatic rings. The van der Waals surface area contributed by atoms with Gasteiger partial charge in [0.15, 0.2) is 18.5 Å². The summed E-state index contributed by atoms with van der Waals surface area (Å²) in [6, 6.07) is 12.9. The first kappa shape index (κ1) is 17.3. The quantitative estimate of drug-likeness (QED) is 0.704. The Hall–Kier alpha value is -3.15. The number of nitrogens with zero attached hydrogens (tertiary/aromatic N) is 1. The van der Waals surface area contributed by atoms with Gasteiger partial charge in [-0.3, -0.25) is 4.79 Å². The Kier molecular flexibility index (Phi) is 4.62. The molecule has 1 atom stereocenters. The highest BCUT2D eigenvalue weighted by molar-refractivity contribution is 5.77. The molecule has 1 N–H and O–H groups in total. The van der Waals surface area contributed by atoms with Crippen molar-refractivity contribution in [1.82, 2.24) is 9.97 Å². The van der Waals surface area contributed by atoms with Crippen LogP contribution in [0.5, 0.6) is 5.75 Å². The standard InChI is InChI=1S/C21H20N2O4/c1-13(20-22-18-8-3-2-7-17(18)21(25)23-20)27-19(24)12-26-16-10-9-14-5-4-6-15(14)11-16/h2-3,7-11,13H,4-6,12H2,1H3,(H,22,23,25)/t13-/m1/s1. The number of fused-ring (bicyclic) bond motifs is 2. The second-order valence-corrected chi connectivity index (χ2v) is 6.67. The number of para-hydroxylation sites is 1. The van der Waals surface area contributed by atoms with E-state index in [1.807, 2.05) is 12.1 Å². The summed E-state index contributed by atoms with van der Waals surface area (Å²) in [5.41, 5.74) is 2.94. The molecule has 0 saturated carbocycles. The van der Waals surface area contributed by atoms with Crippen LogP contribution in [0, 0.1) is 0 Å². The third kappa shape index (κ3) is 3.69. The SMILES string of the molecule is C[C@@H](OC(=O)COc1ccc2c(c1)CCC2)c1nc2ccccc2c(=O)[nH]1. The van der Waals surface area contributed by atoms with Crippen molar-refractivity contribution in [2.75, 3.05) is 6.61 Å². The Morgan fingerprint density at radius 3 is 2.89 bits per heavy atom. The zero-order chi connectivity index (χ0) is 18.8. The molecule has 0 spiro atoms. The minimum Gasteiger partial charge on any atom is -0.482 e. The van der Waals surface area contributed by atoms with Crippen molar-refractivity contribution in [3.63, 3.8) is 0 Å². The van der Waals surface area contributed by atoms with Crippen molar-refractivity contribution in [3.05, 3.63) is 69.8 Å². The lowest BCUT2D eigenvalue weighted by atomic mass is 10.1. The molecule has 0 aliphatic heterocycles. The van der Waals surface area contributed by atoms with Crippen LogP contribution in [0.15, 0.2) is 47.3 Å². The fraction of sp³-hybridized carbons (Fsp3) is 0.286. The molecule has 27 heavy (non-hydrogen) atoms. The predicted octanol–water partition coefficient (Wildman–Crippen LogP) is 3.10. The van der Waals surface area contributed by atoms with E-state index < -0.39 is 12.1 Å². The normalized spacial score (nSPS) is 14.0. The van der Waals surface area contributed by atoms with Crippen LogP contribution in [0.3, 0.4) is 0 Å². The van der Waals surface area contributed by atoms with Crippen LogP contribution < -0.4 is 10.3 Å². The zero-order valence-corrected chi connectivity index (χ0v) is 15.0. The van der Waals surface area contributed by atoms with Gasteiger partial charge in [0.25, 0.3) is 5.56 Å². The smallest absolute Gasteiger partial charge is 0.344 e. The van der Waals surface area contributed by atoms with E-state index in [9.17, 15) is 9.59 Å². The molecule has 0 amide bonds. The van der Waals surface area contributed by atoms with Crippen LogP contribution in [0.25, 0.3) is 10.9 Å².